The molecule has 4 heterocycles. The first-order valence-electron chi connectivity index (χ1n) is 9.86. The van der Waals surface area contributed by atoms with E-state index in [9.17, 15) is 9.59 Å². The molecule has 0 unspecified atom stereocenters. The van der Waals surface area contributed by atoms with Crippen molar-refractivity contribution in [2.24, 2.45) is 5.92 Å². The zero-order valence-corrected chi connectivity index (χ0v) is 16.7. The van der Waals surface area contributed by atoms with E-state index in [1.807, 2.05) is 30.9 Å². The van der Waals surface area contributed by atoms with Gasteiger partial charge in [-0.3, -0.25) is 14.6 Å². The molecule has 1 aliphatic heterocycles. The molecule has 0 aliphatic carbocycles. The summed E-state index contributed by atoms with van der Waals surface area (Å²) in [5, 5.41) is 4.54. The Hall–Kier alpha value is -3.22. The third-order valence-corrected chi connectivity index (χ3v) is 5.45. The van der Waals surface area contributed by atoms with Crippen LogP contribution >= 0.6 is 0 Å². The molecule has 3 aromatic rings. The second-order valence-corrected chi connectivity index (χ2v) is 7.54. The molecular formula is C22H24N4O3. The van der Waals surface area contributed by atoms with Gasteiger partial charge in [0.25, 0.3) is 11.5 Å². The first kappa shape index (κ1) is 19.1. The van der Waals surface area contributed by atoms with E-state index in [0.29, 0.717) is 36.9 Å². The third kappa shape index (κ3) is 4.13. The number of aryl methyl sites for hydroxylation is 2. The van der Waals surface area contributed by atoms with Crippen molar-refractivity contribution in [2.45, 2.75) is 33.2 Å². The number of aromatic nitrogens is 3. The molecule has 7 heteroatoms. The Bertz CT molecular complexity index is 1060. The molecule has 0 bridgehead atoms. The lowest BCUT2D eigenvalue weighted by atomic mass is 9.96. The molecule has 7 nitrogen and oxygen atoms in total. The van der Waals surface area contributed by atoms with Crippen molar-refractivity contribution in [3.8, 4) is 11.3 Å². The zero-order chi connectivity index (χ0) is 20.4. The Morgan fingerprint density at radius 1 is 1.14 bits per heavy atom. The quantitative estimate of drug-likeness (QED) is 0.682. The fourth-order valence-corrected chi connectivity index (χ4v) is 3.83. The molecule has 4 rings (SSSR count). The Balaban J connectivity index is 1.42. The molecule has 150 valence electrons. The highest BCUT2D eigenvalue weighted by Gasteiger charge is 2.26. The smallest absolute Gasteiger partial charge is 0.266 e. The second kappa shape index (κ2) is 8.03. The Labute approximate surface area is 169 Å². The molecule has 3 aromatic heterocycles. The van der Waals surface area contributed by atoms with Crippen LogP contribution in [0.1, 0.15) is 34.7 Å². The van der Waals surface area contributed by atoms with E-state index in [2.05, 4.69) is 10.1 Å². The van der Waals surface area contributed by atoms with Crippen LogP contribution in [0, 0.1) is 19.8 Å². The van der Waals surface area contributed by atoms with Crippen LogP contribution in [0.5, 0.6) is 0 Å². The monoisotopic (exact) mass is 392 g/mol. The number of carbonyl (C=O) groups excluding carboxylic acids is 1. The van der Waals surface area contributed by atoms with Crippen molar-refractivity contribution in [3.05, 3.63) is 70.2 Å². The van der Waals surface area contributed by atoms with E-state index in [1.165, 1.54) is 0 Å². The number of nitrogens with zero attached hydrogens (tertiary/aromatic N) is 4. The maximum Gasteiger partial charge on any atom is 0.266 e. The van der Waals surface area contributed by atoms with Crippen LogP contribution in [-0.4, -0.2) is 38.7 Å². The molecule has 1 saturated heterocycles. The van der Waals surface area contributed by atoms with Crippen molar-refractivity contribution >= 4 is 5.91 Å². The summed E-state index contributed by atoms with van der Waals surface area (Å²) in [7, 11) is 0. The molecule has 1 fully saturated rings. The van der Waals surface area contributed by atoms with Crippen molar-refractivity contribution in [1.29, 1.82) is 0 Å². The minimum absolute atomic E-state index is 0.0211. The number of piperidine rings is 1. The minimum Gasteiger partial charge on any atom is -0.466 e. The fraction of sp³-hybridized carbons (Fsp3) is 0.364. The Kier molecular flexibility index (Phi) is 5.29. The molecule has 1 aliphatic rings. The summed E-state index contributed by atoms with van der Waals surface area (Å²) in [6.45, 7) is 5.57. The van der Waals surface area contributed by atoms with Gasteiger partial charge in [-0.1, -0.05) is 0 Å². The summed E-state index contributed by atoms with van der Waals surface area (Å²) in [4.78, 5) is 30.9. The van der Waals surface area contributed by atoms with Crippen LogP contribution in [-0.2, 0) is 6.54 Å². The predicted molar refractivity (Wildman–Crippen MR) is 109 cm³/mol. The molecule has 29 heavy (non-hydrogen) atoms. The molecule has 0 N–H and O–H groups in total. The number of hydrogen-bond acceptors (Lipinski definition) is 5. The highest BCUT2D eigenvalue weighted by molar-refractivity contribution is 5.95. The average Bonchev–Trinajstić information content (AvgIpc) is 3.08. The Morgan fingerprint density at radius 3 is 2.52 bits per heavy atom. The van der Waals surface area contributed by atoms with Crippen LogP contribution in [0.3, 0.4) is 0 Å². The standard InChI is InChI=1S/C22H24N4O3/c1-15-13-19(16(2)29-15)22(28)25-11-7-17(8-12-25)14-26-21(27)4-3-20(24-26)18-5-9-23-10-6-18/h3-6,9-10,13,17H,7-8,11-12,14H2,1-2H3. The van der Waals surface area contributed by atoms with Gasteiger partial charge >= 0.3 is 0 Å². The predicted octanol–water partition coefficient (Wildman–Crippen LogP) is 3.07. The maximum absolute atomic E-state index is 12.7. The van der Waals surface area contributed by atoms with Crippen LogP contribution in [0.25, 0.3) is 11.3 Å². The number of furan rings is 1. The van der Waals surface area contributed by atoms with Gasteiger partial charge in [0.05, 0.1) is 11.3 Å². The number of rotatable bonds is 4. The zero-order valence-electron chi connectivity index (χ0n) is 16.7. The largest absolute Gasteiger partial charge is 0.466 e. The number of hydrogen-bond donors (Lipinski definition) is 0. The van der Waals surface area contributed by atoms with Crippen molar-refractivity contribution in [3.63, 3.8) is 0 Å². The summed E-state index contributed by atoms with van der Waals surface area (Å²) in [6, 6.07) is 8.86. The van der Waals surface area contributed by atoms with E-state index in [1.54, 1.807) is 35.3 Å². The summed E-state index contributed by atoms with van der Waals surface area (Å²) in [5.41, 5.74) is 2.22. The van der Waals surface area contributed by atoms with Crippen molar-refractivity contribution in [2.75, 3.05) is 13.1 Å². The lowest BCUT2D eigenvalue weighted by molar-refractivity contribution is 0.0679. The van der Waals surface area contributed by atoms with Gasteiger partial charge in [0.1, 0.15) is 11.5 Å². The molecular weight excluding hydrogens is 368 g/mol. The van der Waals surface area contributed by atoms with Gasteiger partial charge < -0.3 is 9.32 Å². The van der Waals surface area contributed by atoms with Crippen molar-refractivity contribution in [1.82, 2.24) is 19.7 Å². The molecule has 0 spiro atoms. The third-order valence-electron chi connectivity index (χ3n) is 5.45. The first-order valence-corrected chi connectivity index (χ1v) is 9.86. The van der Waals surface area contributed by atoms with Gasteiger partial charge in [-0.15, -0.1) is 0 Å². The van der Waals surface area contributed by atoms with Crippen LogP contribution in [0.4, 0.5) is 0 Å². The SMILES string of the molecule is Cc1cc(C(=O)N2CCC(Cn3nc(-c4ccncc4)ccc3=O)CC2)c(C)o1. The molecule has 0 saturated carbocycles. The lowest BCUT2D eigenvalue weighted by Crippen LogP contribution is -2.40. The lowest BCUT2D eigenvalue weighted by Gasteiger charge is -2.32. The highest BCUT2D eigenvalue weighted by Crippen LogP contribution is 2.23. The maximum atomic E-state index is 12.7. The van der Waals surface area contributed by atoms with E-state index in [4.69, 9.17) is 4.42 Å². The van der Waals surface area contributed by atoms with Gasteiger partial charge in [-0.2, -0.15) is 5.10 Å². The van der Waals surface area contributed by atoms with Crippen LogP contribution in [0.15, 0.2) is 51.9 Å². The molecule has 0 atom stereocenters. The molecule has 1 amide bonds. The normalized spacial score (nSPS) is 14.9. The van der Waals surface area contributed by atoms with Gasteiger partial charge in [-0.25, -0.2) is 4.68 Å². The summed E-state index contributed by atoms with van der Waals surface area (Å²) in [6.07, 6.45) is 5.11. The van der Waals surface area contributed by atoms with E-state index < -0.39 is 0 Å². The van der Waals surface area contributed by atoms with Gasteiger partial charge in [0, 0.05) is 43.7 Å². The van der Waals surface area contributed by atoms with Gasteiger partial charge in [0.2, 0.25) is 0 Å². The average molecular weight is 392 g/mol. The number of pyridine rings is 1. The second-order valence-electron chi connectivity index (χ2n) is 7.54. The summed E-state index contributed by atoms with van der Waals surface area (Å²) in [5.74, 6) is 1.75. The number of carbonyl (C=O) groups is 1. The van der Waals surface area contributed by atoms with Crippen LogP contribution < -0.4 is 5.56 Å². The molecule has 0 aromatic carbocycles. The van der Waals surface area contributed by atoms with E-state index in [-0.39, 0.29) is 11.5 Å². The van der Waals surface area contributed by atoms with Crippen LogP contribution in [0.2, 0.25) is 0 Å². The Morgan fingerprint density at radius 2 is 1.86 bits per heavy atom. The number of likely N-dealkylation sites (tertiary alicyclic amines) is 1. The first-order chi connectivity index (χ1) is 14.0. The fourth-order valence-electron chi connectivity index (χ4n) is 3.83. The summed E-state index contributed by atoms with van der Waals surface area (Å²) < 4.78 is 7.03. The molecule has 0 radical (unpaired) electrons. The number of amides is 1. The van der Waals surface area contributed by atoms with Crippen molar-refractivity contribution < 1.29 is 9.21 Å². The summed E-state index contributed by atoms with van der Waals surface area (Å²) >= 11 is 0. The minimum atomic E-state index is -0.106. The highest BCUT2D eigenvalue weighted by atomic mass is 16.3. The topological polar surface area (TPSA) is 81.2 Å². The van der Waals surface area contributed by atoms with Gasteiger partial charge in [-0.05, 0) is 56.9 Å². The van der Waals surface area contributed by atoms with E-state index in [0.717, 1.165) is 29.9 Å². The van der Waals surface area contributed by atoms with Gasteiger partial charge in [0.15, 0.2) is 0 Å². The van der Waals surface area contributed by atoms with E-state index >= 15 is 0 Å².